The second-order valence-electron chi connectivity index (χ2n) is 6.09. The van der Waals surface area contributed by atoms with Gasteiger partial charge in [-0.15, -0.1) is 0 Å². The topological polar surface area (TPSA) is 136 Å². The largest absolute Gasteiger partial charge is 0.463 e. The summed E-state index contributed by atoms with van der Waals surface area (Å²) in [6.07, 6.45) is -5.86. The number of rotatable bonds is 7. The van der Waals surface area contributed by atoms with Gasteiger partial charge in [-0.25, -0.2) is 4.79 Å². The molecular weight excluding hydrogens is 473 g/mol. The molecule has 1 N–H and O–H groups in total. The van der Waals surface area contributed by atoms with Gasteiger partial charge in [-0.05, 0) is 0 Å². The van der Waals surface area contributed by atoms with Crippen molar-refractivity contribution in [3.8, 4) is 0 Å². The predicted molar refractivity (Wildman–Crippen MR) is 102 cm³/mol. The Kier molecular flexibility index (Phi) is 10.4. The van der Waals surface area contributed by atoms with E-state index >= 15 is 0 Å². The highest BCUT2D eigenvalue weighted by Gasteiger charge is 2.51. The number of nitrogens with one attached hydrogen (secondary N) is 1. The van der Waals surface area contributed by atoms with E-state index in [9.17, 15) is 19.2 Å². The molecule has 5 atom stereocenters. The van der Waals surface area contributed by atoms with Crippen LogP contribution in [0.1, 0.15) is 20.8 Å². The molecule has 1 aliphatic heterocycles. The smallest absolute Gasteiger partial charge is 0.407 e. The fraction of sp³-hybridized carbons (Fsp3) is 0.750. The zero-order valence-electron chi connectivity index (χ0n) is 16.5. The summed E-state index contributed by atoms with van der Waals surface area (Å²) in [6, 6.07) is -1.19. The highest BCUT2D eigenvalue weighted by Crippen LogP contribution is 2.28. The Morgan fingerprint density at radius 3 is 1.97 bits per heavy atom. The van der Waals surface area contributed by atoms with Gasteiger partial charge >= 0.3 is 24.0 Å². The first-order valence-electron chi connectivity index (χ1n) is 8.50. The standard InChI is InChI=1S/C16H22Cl3NO10/c1-7(21)26-5-10-12(28-8(2)22)13(29-9(3)23)11(14(25-4)30-10)20-15(24)27-6-16(17,18)19/h10-14H,5-6H2,1-4H3,(H,20,24)/t10-,11-,12-,13-,14-/m1/s1. The summed E-state index contributed by atoms with van der Waals surface area (Å²) in [6.45, 7) is 2.49. The minimum atomic E-state index is -1.86. The Morgan fingerprint density at radius 2 is 1.50 bits per heavy atom. The van der Waals surface area contributed by atoms with E-state index in [0.717, 1.165) is 13.8 Å². The van der Waals surface area contributed by atoms with Gasteiger partial charge in [-0.2, -0.15) is 0 Å². The first-order chi connectivity index (χ1) is 13.8. The van der Waals surface area contributed by atoms with Gasteiger partial charge in [0.05, 0.1) is 0 Å². The normalized spacial score (nSPS) is 26.3. The SMILES string of the molecule is CO[C@@H]1O[C@H](COC(C)=O)[C@@H](OC(C)=O)[C@H](OC(C)=O)[C@H]1NC(=O)OCC(Cl)(Cl)Cl. The van der Waals surface area contributed by atoms with E-state index in [1.165, 1.54) is 14.0 Å². The molecule has 0 bridgehead atoms. The monoisotopic (exact) mass is 493 g/mol. The average Bonchev–Trinajstić information content (AvgIpc) is 2.60. The summed E-state index contributed by atoms with van der Waals surface area (Å²) in [5.74, 6) is -2.10. The molecule has 0 unspecified atom stereocenters. The zero-order valence-corrected chi connectivity index (χ0v) is 18.8. The molecule has 1 fully saturated rings. The fourth-order valence-electron chi connectivity index (χ4n) is 2.58. The number of hydrogen-bond acceptors (Lipinski definition) is 10. The van der Waals surface area contributed by atoms with Crippen molar-refractivity contribution >= 4 is 58.8 Å². The molecule has 30 heavy (non-hydrogen) atoms. The van der Waals surface area contributed by atoms with Gasteiger partial charge in [0.15, 0.2) is 18.5 Å². The lowest BCUT2D eigenvalue weighted by Gasteiger charge is -2.44. The van der Waals surface area contributed by atoms with Crippen molar-refractivity contribution in [2.45, 2.75) is 55.2 Å². The van der Waals surface area contributed by atoms with Crippen molar-refractivity contribution in [3.63, 3.8) is 0 Å². The number of amides is 1. The Bertz CT molecular complexity index is 641. The van der Waals surface area contributed by atoms with E-state index in [2.05, 4.69) is 5.32 Å². The van der Waals surface area contributed by atoms with E-state index in [1.807, 2.05) is 0 Å². The van der Waals surface area contributed by atoms with Crippen LogP contribution in [0.3, 0.4) is 0 Å². The Morgan fingerprint density at radius 1 is 0.933 bits per heavy atom. The third-order valence-electron chi connectivity index (χ3n) is 3.59. The van der Waals surface area contributed by atoms with Crippen molar-refractivity contribution in [2.75, 3.05) is 20.3 Å². The summed E-state index contributed by atoms with van der Waals surface area (Å²) in [5, 5.41) is 2.37. The van der Waals surface area contributed by atoms with Crippen LogP contribution in [0.5, 0.6) is 0 Å². The first kappa shape index (κ1) is 26.5. The van der Waals surface area contributed by atoms with Crippen molar-refractivity contribution in [1.82, 2.24) is 5.32 Å². The minimum Gasteiger partial charge on any atom is -0.463 e. The van der Waals surface area contributed by atoms with Crippen molar-refractivity contribution < 1.29 is 47.6 Å². The van der Waals surface area contributed by atoms with E-state index < -0.39 is 65.0 Å². The van der Waals surface area contributed by atoms with Crippen molar-refractivity contribution in [1.29, 1.82) is 0 Å². The van der Waals surface area contributed by atoms with Crippen LogP contribution >= 0.6 is 34.8 Å². The van der Waals surface area contributed by atoms with Gasteiger partial charge in [0.2, 0.25) is 3.79 Å². The molecule has 1 rings (SSSR count). The maximum Gasteiger partial charge on any atom is 0.407 e. The summed E-state index contributed by atoms with van der Waals surface area (Å²) < 4.78 is 29.2. The van der Waals surface area contributed by atoms with Crippen LogP contribution in [-0.2, 0) is 42.8 Å². The van der Waals surface area contributed by atoms with E-state index in [4.69, 9.17) is 63.2 Å². The number of carbonyl (C=O) groups is 4. The molecule has 1 heterocycles. The number of alkyl carbamates (subject to hydrolysis) is 1. The van der Waals surface area contributed by atoms with Crippen LogP contribution in [0.15, 0.2) is 0 Å². The second kappa shape index (κ2) is 11.8. The van der Waals surface area contributed by atoms with Crippen molar-refractivity contribution in [3.05, 3.63) is 0 Å². The summed E-state index contributed by atoms with van der Waals surface area (Å²) in [7, 11) is 1.26. The molecule has 0 aromatic carbocycles. The van der Waals surface area contributed by atoms with Gasteiger partial charge < -0.3 is 33.7 Å². The van der Waals surface area contributed by atoms with E-state index in [-0.39, 0.29) is 6.61 Å². The molecule has 1 amide bonds. The zero-order chi connectivity index (χ0) is 23.1. The van der Waals surface area contributed by atoms with Crippen LogP contribution < -0.4 is 5.32 Å². The molecule has 0 saturated carbocycles. The third kappa shape index (κ3) is 9.09. The Balaban J connectivity index is 3.15. The van der Waals surface area contributed by atoms with Crippen molar-refractivity contribution in [2.24, 2.45) is 0 Å². The lowest BCUT2D eigenvalue weighted by atomic mass is 9.96. The molecule has 0 aliphatic carbocycles. The molecule has 0 spiro atoms. The third-order valence-corrected chi connectivity index (χ3v) is 3.91. The molecule has 1 aliphatic rings. The molecule has 1 saturated heterocycles. The lowest BCUT2D eigenvalue weighted by Crippen LogP contribution is -2.66. The predicted octanol–water partition coefficient (Wildman–Crippen LogP) is 1.25. The van der Waals surface area contributed by atoms with Crippen LogP contribution in [0.25, 0.3) is 0 Å². The molecular formula is C16H22Cl3NO10. The maximum absolute atomic E-state index is 12.1. The quantitative estimate of drug-likeness (QED) is 0.313. The van der Waals surface area contributed by atoms with Gasteiger partial charge in [0.1, 0.15) is 25.4 Å². The van der Waals surface area contributed by atoms with Crippen LogP contribution in [0.2, 0.25) is 0 Å². The Hall–Kier alpha value is -1.53. The summed E-state index contributed by atoms with van der Waals surface area (Å²) in [5.41, 5.74) is 0. The number of halogens is 3. The average molecular weight is 495 g/mol. The molecule has 11 nitrogen and oxygen atoms in total. The van der Waals surface area contributed by atoms with Crippen LogP contribution in [0, 0.1) is 0 Å². The molecule has 172 valence electrons. The molecule has 14 heteroatoms. The van der Waals surface area contributed by atoms with Gasteiger partial charge in [0.25, 0.3) is 0 Å². The number of hydrogen-bond donors (Lipinski definition) is 1. The van der Waals surface area contributed by atoms with Crippen LogP contribution in [0.4, 0.5) is 4.79 Å². The number of esters is 3. The minimum absolute atomic E-state index is 0.338. The fourth-order valence-corrected chi connectivity index (χ4v) is 2.75. The van der Waals surface area contributed by atoms with Gasteiger partial charge in [0, 0.05) is 27.9 Å². The summed E-state index contributed by atoms with van der Waals surface area (Å²) >= 11 is 16.6. The van der Waals surface area contributed by atoms with E-state index in [1.54, 1.807) is 0 Å². The van der Waals surface area contributed by atoms with E-state index in [0.29, 0.717) is 0 Å². The molecule has 0 aromatic rings. The number of methoxy groups -OCH3 is 1. The molecule has 0 aromatic heterocycles. The van der Waals surface area contributed by atoms with Gasteiger partial charge in [-0.1, -0.05) is 34.8 Å². The Labute approximate surface area is 187 Å². The number of ether oxygens (including phenoxy) is 6. The first-order valence-corrected chi connectivity index (χ1v) is 9.63. The molecule has 0 radical (unpaired) electrons. The summed E-state index contributed by atoms with van der Waals surface area (Å²) in [4.78, 5) is 46.6. The van der Waals surface area contributed by atoms with Crippen LogP contribution in [-0.4, -0.2) is 78.8 Å². The van der Waals surface area contributed by atoms with Gasteiger partial charge in [-0.3, -0.25) is 14.4 Å². The highest BCUT2D eigenvalue weighted by molar-refractivity contribution is 6.67. The second-order valence-corrected chi connectivity index (χ2v) is 8.61. The maximum atomic E-state index is 12.1. The lowest BCUT2D eigenvalue weighted by molar-refractivity contribution is -0.271. The highest BCUT2D eigenvalue weighted by atomic mass is 35.6. The number of alkyl halides is 3. The number of carbonyl (C=O) groups excluding carboxylic acids is 4.